The van der Waals surface area contributed by atoms with Gasteiger partial charge in [0.15, 0.2) is 17.4 Å². The summed E-state index contributed by atoms with van der Waals surface area (Å²) in [5.74, 6) is -2.29. The number of hydrogen-bond acceptors (Lipinski definition) is 3. The molecule has 0 saturated carbocycles. The molecule has 1 rings (SSSR count). The third-order valence-corrected chi connectivity index (χ3v) is 1.88. The third-order valence-electron chi connectivity index (χ3n) is 1.88. The number of benzene rings is 1. The molecular formula is C11H12F2O3. The van der Waals surface area contributed by atoms with Crippen LogP contribution in [0.3, 0.4) is 0 Å². The summed E-state index contributed by atoms with van der Waals surface area (Å²) < 4.78 is 36.5. The number of methoxy groups -OCH3 is 1. The van der Waals surface area contributed by atoms with Gasteiger partial charge >= 0.3 is 0 Å². The van der Waals surface area contributed by atoms with Gasteiger partial charge in [0.05, 0.1) is 6.61 Å². The molecule has 5 heteroatoms. The van der Waals surface area contributed by atoms with Crippen molar-refractivity contribution in [1.29, 1.82) is 0 Å². The Bertz CT molecular complexity index is 356. The minimum absolute atomic E-state index is 0.0678. The quantitative estimate of drug-likeness (QED) is 0.727. The number of ether oxygens (including phenoxy) is 2. The van der Waals surface area contributed by atoms with E-state index < -0.39 is 23.5 Å². The van der Waals surface area contributed by atoms with Crippen LogP contribution in [0.2, 0.25) is 0 Å². The van der Waals surface area contributed by atoms with Crippen molar-refractivity contribution in [1.82, 2.24) is 0 Å². The molecule has 0 aromatic heterocycles. The molecule has 0 N–H and O–H groups in total. The van der Waals surface area contributed by atoms with Crippen LogP contribution in [0.4, 0.5) is 8.78 Å². The smallest absolute Gasteiger partial charge is 0.191 e. The predicted molar refractivity (Wildman–Crippen MR) is 53.7 cm³/mol. The van der Waals surface area contributed by atoms with Gasteiger partial charge in [-0.2, -0.15) is 0 Å². The van der Waals surface area contributed by atoms with Crippen molar-refractivity contribution in [2.75, 3.05) is 13.7 Å². The maximum atomic E-state index is 13.3. The van der Waals surface area contributed by atoms with Gasteiger partial charge in [0.1, 0.15) is 12.4 Å². The van der Waals surface area contributed by atoms with Crippen LogP contribution >= 0.6 is 0 Å². The van der Waals surface area contributed by atoms with E-state index in [0.29, 0.717) is 6.29 Å². The second-order valence-corrected chi connectivity index (χ2v) is 3.32. The minimum Gasteiger partial charge on any atom is -0.482 e. The van der Waals surface area contributed by atoms with Crippen LogP contribution in [0.15, 0.2) is 12.1 Å². The molecule has 0 radical (unpaired) electrons. The van der Waals surface area contributed by atoms with Gasteiger partial charge < -0.3 is 9.47 Å². The van der Waals surface area contributed by atoms with Gasteiger partial charge in [-0.25, -0.2) is 8.78 Å². The average Bonchev–Trinajstić information content (AvgIpc) is 2.23. The summed E-state index contributed by atoms with van der Waals surface area (Å²) in [4.78, 5) is 10.4. The second kappa shape index (κ2) is 5.55. The SMILES string of the molecule is COCC(C)Oc1c(F)cc(C=O)cc1F. The normalized spacial score (nSPS) is 12.2. The Morgan fingerprint density at radius 2 is 1.94 bits per heavy atom. The monoisotopic (exact) mass is 230 g/mol. The van der Waals surface area contributed by atoms with Crippen LogP contribution < -0.4 is 4.74 Å². The molecule has 16 heavy (non-hydrogen) atoms. The summed E-state index contributed by atoms with van der Waals surface area (Å²) in [6, 6.07) is 1.84. The van der Waals surface area contributed by atoms with E-state index in [1.807, 2.05) is 0 Å². The molecule has 0 aliphatic rings. The van der Waals surface area contributed by atoms with Crippen LogP contribution in [0.5, 0.6) is 5.75 Å². The van der Waals surface area contributed by atoms with E-state index >= 15 is 0 Å². The van der Waals surface area contributed by atoms with Crippen molar-refractivity contribution < 1.29 is 23.0 Å². The lowest BCUT2D eigenvalue weighted by molar-refractivity contribution is 0.0861. The van der Waals surface area contributed by atoms with Crippen LogP contribution in [0.25, 0.3) is 0 Å². The van der Waals surface area contributed by atoms with Gasteiger partial charge in [-0.15, -0.1) is 0 Å². The van der Waals surface area contributed by atoms with E-state index in [9.17, 15) is 13.6 Å². The summed E-state index contributed by atoms with van der Waals surface area (Å²) in [6.07, 6.45) is -0.106. The maximum absolute atomic E-state index is 13.3. The summed E-state index contributed by atoms with van der Waals surface area (Å²) in [7, 11) is 1.46. The van der Waals surface area contributed by atoms with Gasteiger partial charge in [-0.1, -0.05) is 0 Å². The first kappa shape index (κ1) is 12.6. The van der Waals surface area contributed by atoms with Gasteiger partial charge in [-0.3, -0.25) is 4.79 Å². The highest BCUT2D eigenvalue weighted by molar-refractivity contribution is 5.75. The lowest BCUT2D eigenvalue weighted by atomic mass is 10.2. The molecular weight excluding hydrogens is 218 g/mol. The van der Waals surface area contributed by atoms with Gasteiger partial charge in [0.25, 0.3) is 0 Å². The van der Waals surface area contributed by atoms with Crippen LogP contribution in [0.1, 0.15) is 17.3 Å². The Kier molecular flexibility index (Phi) is 4.37. The zero-order valence-electron chi connectivity index (χ0n) is 9.00. The fourth-order valence-corrected chi connectivity index (χ4v) is 1.23. The average molecular weight is 230 g/mol. The Hall–Kier alpha value is -1.49. The number of hydrogen-bond donors (Lipinski definition) is 0. The maximum Gasteiger partial charge on any atom is 0.191 e. The molecule has 0 amide bonds. The molecule has 3 nitrogen and oxygen atoms in total. The lowest BCUT2D eigenvalue weighted by Gasteiger charge is -2.14. The molecule has 0 aliphatic carbocycles. The molecule has 1 aromatic rings. The number of rotatable bonds is 5. The fraction of sp³-hybridized carbons (Fsp3) is 0.364. The number of halogens is 2. The topological polar surface area (TPSA) is 35.5 Å². The van der Waals surface area contributed by atoms with Crippen LogP contribution in [0, 0.1) is 11.6 Å². The predicted octanol–water partition coefficient (Wildman–Crippen LogP) is 2.19. The standard InChI is InChI=1S/C11H12F2O3/c1-7(6-15-2)16-11-9(12)3-8(5-14)4-10(11)13/h3-5,7H,6H2,1-2H3. The summed E-state index contributed by atoms with van der Waals surface area (Å²) in [5, 5.41) is 0. The minimum atomic E-state index is -0.898. The first-order valence-corrected chi connectivity index (χ1v) is 4.68. The Morgan fingerprint density at radius 3 is 2.38 bits per heavy atom. The summed E-state index contributed by atoms with van der Waals surface area (Å²) in [5.41, 5.74) is -0.0678. The largest absolute Gasteiger partial charge is 0.482 e. The van der Waals surface area contributed by atoms with Crippen molar-refractivity contribution in [3.63, 3.8) is 0 Å². The van der Waals surface area contributed by atoms with Gasteiger partial charge in [-0.05, 0) is 19.1 Å². The van der Waals surface area contributed by atoms with E-state index in [-0.39, 0.29) is 12.2 Å². The van der Waals surface area contributed by atoms with Crippen molar-refractivity contribution >= 4 is 6.29 Å². The van der Waals surface area contributed by atoms with E-state index in [2.05, 4.69) is 0 Å². The Balaban J connectivity index is 2.92. The van der Waals surface area contributed by atoms with Crippen LogP contribution in [-0.2, 0) is 4.74 Å². The first-order valence-electron chi connectivity index (χ1n) is 4.68. The lowest BCUT2D eigenvalue weighted by Crippen LogP contribution is -2.19. The summed E-state index contributed by atoms with van der Waals surface area (Å²) in [6.45, 7) is 1.84. The highest BCUT2D eigenvalue weighted by Crippen LogP contribution is 2.23. The fourth-order valence-electron chi connectivity index (χ4n) is 1.23. The Morgan fingerprint density at radius 1 is 1.38 bits per heavy atom. The number of carbonyl (C=O) groups is 1. The molecule has 88 valence electrons. The van der Waals surface area contributed by atoms with E-state index in [1.165, 1.54) is 7.11 Å². The van der Waals surface area contributed by atoms with E-state index in [0.717, 1.165) is 12.1 Å². The van der Waals surface area contributed by atoms with Crippen molar-refractivity contribution in [3.8, 4) is 5.75 Å². The zero-order valence-corrected chi connectivity index (χ0v) is 9.00. The van der Waals surface area contributed by atoms with Gasteiger partial charge in [0, 0.05) is 12.7 Å². The number of carbonyl (C=O) groups excluding carboxylic acids is 1. The highest BCUT2D eigenvalue weighted by atomic mass is 19.1. The molecule has 0 saturated heterocycles. The molecule has 1 aromatic carbocycles. The Labute approximate surface area is 92.0 Å². The van der Waals surface area contributed by atoms with Crippen molar-refractivity contribution in [2.45, 2.75) is 13.0 Å². The molecule has 0 aliphatic heterocycles. The summed E-state index contributed by atoms with van der Waals surface area (Å²) >= 11 is 0. The molecule has 1 atom stereocenters. The van der Waals surface area contributed by atoms with E-state index in [4.69, 9.17) is 9.47 Å². The van der Waals surface area contributed by atoms with Crippen LogP contribution in [-0.4, -0.2) is 26.1 Å². The highest BCUT2D eigenvalue weighted by Gasteiger charge is 2.15. The third kappa shape index (κ3) is 3.00. The zero-order chi connectivity index (χ0) is 12.1. The first-order chi connectivity index (χ1) is 7.58. The molecule has 1 unspecified atom stereocenters. The second-order valence-electron chi connectivity index (χ2n) is 3.32. The van der Waals surface area contributed by atoms with Crippen molar-refractivity contribution in [2.24, 2.45) is 0 Å². The van der Waals surface area contributed by atoms with E-state index in [1.54, 1.807) is 6.92 Å². The number of aldehydes is 1. The molecule has 0 fully saturated rings. The molecule has 0 heterocycles. The molecule has 0 spiro atoms. The molecule has 0 bridgehead atoms. The van der Waals surface area contributed by atoms with Gasteiger partial charge in [0.2, 0.25) is 0 Å². The van der Waals surface area contributed by atoms with Crippen molar-refractivity contribution in [3.05, 3.63) is 29.3 Å².